The first-order chi connectivity index (χ1) is 19.0. The van der Waals surface area contributed by atoms with Gasteiger partial charge in [-0.25, -0.2) is 0 Å². The van der Waals surface area contributed by atoms with Crippen molar-refractivity contribution >= 4 is 29.1 Å². The van der Waals surface area contributed by atoms with Crippen molar-refractivity contribution in [3.8, 4) is 11.3 Å². The minimum absolute atomic E-state index is 0.0316. The van der Waals surface area contributed by atoms with Gasteiger partial charge in [-0.1, -0.05) is 48.7 Å². The number of aromatic nitrogens is 1. The van der Waals surface area contributed by atoms with Gasteiger partial charge in [0, 0.05) is 42.1 Å². The van der Waals surface area contributed by atoms with Gasteiger partial charge in [0.2, 0.25) is 5.78 Å². The molecule has 1 aliphatic carbocycles. The molecule has 5 rings (SSSR count). The third-order valence-corrected chi connectivity index (χ3v) is 7.67. The number of hydrogen-bond donors (Lipinski definition) is 1. The first-order valence-electron chi connectivity index (χ1n) is 13.3. The maximum Gasteiger partial charge on any atom is 0.295 e. The molecule has 2 amide bonds. The van der Waals surface area contributed by atoms with Gasteiger partial charge in [0.25, 0.3) is 11.8 Å². The molecule has 2 atom stereocenters. The fraction of sp³-hybridized carbons (Fsp3) is 0.367. The quantitative estimate of drug-likeness (QED) is 0.192. The van der Waals surface area contributed by atoms with E-state index in [-0.39, 0.29) is 11.8 Å². The van der Waals surface area contributed by atoms with Gasteiger partial charge >= 0.3 is 0 Å². The smallest absolute Gasteiger partial charge is 0.295 e. The van der Waals surface area contributed by atoms with Gasteiger partial charge in [-0.3, -0.25) is 19.2 Å². The van der Waals surface area contributed by atoms with Gasteiger partial charge in [0.15, 0.2) is 5.78 Å². The number of Topliss-reactive ketones (excluding diaryl/α,β-unsaturated/α-hetero) is 2. The van der Waals surface area contributed by atoms with E-state index < -0.39 is 29.4 Å². The molecule has 3 aromatic rings. The molecular weight excluding hydrogens is 498 g/mol. The molecule has 9 nitrogen and oxygen atoms in total. The molecule has 1 saturated carbocycles. The number of anilines is 1. The van der Waals surface area contributed by atoms with Crippen molar-refractivity contribution in [2.75, 3.05) is 25.2 Å². The summed E-state index contributed by atoms with van der Waals surface area (Å²) in [5.41, 5.74) is 2.76. The number of ketones is 2. The molecule has 1 aliphatic heterocycles. The molecule has 1 aromatic heterocycles. The number of carbonyl (C=O) groups excluding carboxylic acids is 4. The number of rotatable bonds is 9. The molecule has 2 aromatic carbocycles. The van der Waals surface area contributed by atoms with Crippen LogP contribution >= 0.6 is 0 Å². The van der Waals surface area contributed by atoms with Gasteiger partial charge in [-0.05, 0) is 43.0 Å². The van der Waals surface area contributed by atoms with E-state index in [1.807, 2.05) is 12.1 Å². The zero-order chi connectivity index (χ0) is 27.4. The Morgan fingerprint density at radius 1 is 0.974 bits per heavy atom. The first-order valence-corrected chi connectivity index (χ1v) is 13.3. The van der Waals surface area contributed by atoms with Crippen molar-refractivity contribution in [1.82, 2.24) is 10.5 Å². The van der Waals surface area contributed by atoms with Crippen molar-refractivity contribution in [3.05, 3.63) is 72.0 Å². The van der Waals surface area contributed by atoms with Crippen LogP contribution in [0.2, 0.25) is 0 Å². The molecule has 0 radical (unpaired) electrons. The van der Waals surface area contributed by atoms with E-state index in [9.17, 15) is 19.2 Å². The second kappa shape index (κ2) is 11.7. The molecule has 1 N–H and O–H groups in total. The lowest BCUT2D eigenvalue weighted by atomic mass is 9.76. The van der Waals surface area contributed by atoms with Crippen LogP contribution < -0.4 is 10.2 Å². The Balaban J connectivity index is 1.43. The summed E-state index contributed by atoms with van der Waals surface area (Å²) in [6.07, 6.45) is 6.28. The lowest BCUT2D eigenvalue weighted by Gasteiger charge is -2.35. The Bertz CT molecular complexity index is 1330. The molecule has 2 unspecified atom stereocenters. The molecule has 0 spiro atoms. The van der Waals surface area contributed by atoms with Crippen molar-refractivity contribution in [3.63, 3.8) is 0 Å². The summed E-state index contributed by atoms with van der Waals surface area (Å²) < 4.78 is 9.88. The van der Waals surface area contributed by atoms with Gasteiger partial charge in [0.05, 0.1) is 12.6 Å². The van der Waals surface area contributed by atoms with Crippen LogP contribution in [0.15, 0.2) is 65.4 Å². The van der Waals surface area contributed by atoms with Crippen LogP contribution in [0.25, 0.3) is 11.3 Å². The fourth-order valence-electron chi connectivity index (χ4n) is 5.70. The summed E-state index contributed by atoms with van der Waals surface area (Å²) in [5.74, 6) is -3.08. The molecule has 202 valence electrons. The maximum absolute atomic E-state index is 13.8. The van der Waals surface area contributed by atoms with Crippen LogP contribution in [-0.4, -0.2) is 54.8 Å². The van der Waals surface area contributed by atoms with Crippen LogP contribution in [0, 0.1) is 11.8 Å². The number of hydrogen-bond acceptors (Lipinski definition) is 7. The van der Waals surface area contributed by atoms with Gasteiger partial charge in [-0.2, -0.15) is 0 Å². The van der Waals surface area contributed by atoms with E-state index in [2.05, 4.69) is 10.5 Å². The molecule has 2 aliphatic rings. The number of methoxy groups -OCH3 is 1. The number of amides is 2. The number of ether oxygens (including phenoxy) is 1. The first kappa shape index (κ1) is 26.5. The molecule has 9 heteroatoms. The van der Waals surface area contributed by atoms with Crippen LogP contribution in [-0.2, 0) is 14.3 Å². The van der Waals surface area contributed by atoms with Gasteiger partial charge in [0.1, 0.15) is 17.9 Å². The van der Waals surface area contributed by atoms with Crippen LogP contribution in [0.4, 0.5) is 5.69 Å². The number of nitrogens with one attached hydrogen (secondary N) is 1. The summed E-state index contributed by atoms with van der Waals surface area (Å²) in [5, 5.41) is 6.69. The van der Waals surface area contributed by atoms with Crippen molar-refractivity contribution in [2.45, 2.75) is 38.1 Å². The Kier molecular flexibility index (Phi) is 7.97. The molecular formula is C30H31N3O6. The summed E-state index contributed by atoms with van der Waals surface area (Å²) in [7, 11) is 1.55. The van der Waals surface area contributed by atoms with E-state index >= 15 is 0 Å². The Hall–Kier alpha value is -4.11. The minimum Gasteiger partial charge on any atom is -0.383 e. The normalized spacial score (nSPS) is 19.9. The Morgan fingerprint density at radius 2 is 1.67 bits per heavy atom. The summed E-state index contributed by atoms with van der Waals surface area (Å²) in [6, 6.07) is 14.6. The van der Waals surface area contributed by atoms with E-state index in [0.717, 1.165) is 37.7 Å². The summed E-state index contributed by atoms with van der Waals surface area (Å²) in [4.78, 5) is 54.5. The second-order valence-electron chi connectivity index (χ2n) is 10.0. The Labute approximate surface area is 226 Å². The zero-order valence-electron chi connectivity index (χ0n) is 21.8. The highest BCUT2D eigenvalue weighted by molar-refractivity contribution is 6.49. The topological polar surface area (TPSA) is 119 Å². The molecule has 39 heavy (non-hydrogen) atoms. The van der Waals surface area contributed by atoms with Gasteiger partial charge < -0.3 is 19.5 Å². The predicted molar refractivity (Wildman–Crippen MR) is 143 cm³/mol. The summed E-state index contributed by atoms with van der Waals surface area (Å²) >= 11 is 0. The fourth-order valence-corrected chi connectivity index (χ4v) is 5.70. The SMILES string of the molecule is COCCNC(=O)c1ccc(C(=O)C2C(=O)C(=O)N(c3ccc(-c4ccon4)cc3)C2C2CCCCC2)cc1. The zero-order valence-corrected chi connectivity index (χ0v) is 21.8. The van der Waals surface area contributed by atoms with E-state index in [4.69, 9.17) is 9.26 Å². The van der Waals surface area contributed by atoms with E-state index in [0.29, 0.717) is 35.7 Å². The second-order valence-corrected chi connectivity index (χ2v) is 10.0. The average Bonchev–Trinajstić information content (AvgIpc) is 3.60. The van der Waals surface area contributed by atoms with Crippen LogP contribution in [0.3, 0.4) is 0 Å². The number of carbonyl (C=O) groups is 4. The van der Waals surface area contributed by atoms with Crippen LogP contribution in [0.1, 0.15) is 52.8 Å². The van der Waals surface area contributed by atoms with Gasteiger partial charge in [-0.15, -0.1) is 0 Å². The third-order valence-electron chi connectivity index (χ3n) is 7.67. The molecule has 1 saturated heterocycles. The van der Waals surface area contributed by atoms with E-state index in [1.165, 1.54) is 11.2 Å². The molecule has 2 heterocycles. The van der Waals surface area contributed by atoms with E-state index in [1.54, 1.807) is 49.6 Å². The monoisotopic (exact) mass is 529 g/mol. The third kappa shape index (κ3) is 5.40. The Morgan fingerprint density at radius 3 is 2.31 bits per heavy atom. The predicted octanol–water partition coefficient (Wildman–Crippen LogP) is 4.08. The van der Waals surface area contributed by atoms with Crippen LogP contribution in [0.5, 0.6) is 0 Å². The highest BCUT2D eigenvalue weighted by Crippen LogP contribution is 2.41. The summed E-state index contributed by atoms with van der Waals surface area (Å²) in [6.45, 7) is 0.759. The highest BCUT2D eigenvalue weighted by atomic mass is 16.5. The lowest BCUT2D eigenvalue weighted by molar-refractivity contribution is -0.135. The highest BCUT2D eigenvalue weighted by Gasteiger charge is 2.54. The number of benzene rings is 2. The number of nitrogens with zero attached hydrogens (tertiary/aromatic N) is 2. The lowest BCUT2D eigenvalue weighted by Crippen LogP contribution is -2.44. The maximum atomic E-state index is 13.8. The van der Waals surface area contributed by atoms with Crippen molar-refractivity contribution in [1.29, 1.82) is 0 Å². The average molecular weight is 530 g/mol. The molecule has 0 bridgehead atoms. The largest absolute Gasteiger partial charge is 0.383 e. The van der Waals surface area contributed by atoms with Crippen molar-refractivity contribution < 1.29 is 28.4 Å². The standard InChI is InChI=1S/C30H31N3O6/c1-38-18-16-31-29(36)22-9-7-21(8-10-22)27(34)25-26(20-5-3-2-4-6-20)33(30(37)28(25)35)23-13-11-19(12-14-23)24-15-17-39-32-24/h7-15,17,20,25-26H,2-6,16,18H2,1H3,(H,31,36). The molecule has 2 fully saturated rings. The van der Waals surface area contributed by atoms with Crippen molar-refractivity contribution in [2.24, 2.45) is 11.8 Å². The minimum atomic E-state index is -1.10.